The number of nitrogens with zero attached hydrogens (tertiary/aromatic N) is 2. The summed E-state index contributed by atoms with van der Waals surface area (Å²) >= 11 is 5.45. The molecule has 0 spiro atoms. The van der Waals surface area contributed by atoms with Crippen LogP contribution in [0.1, 0.15) is 0 Å². The minimum Gasteiger partial charge on any atom is -0.345 e. The standard InChI is InChI=1S/C35H22BrN3S/c36-24-12-9-22(10-13-24)28-7-4-8-33-34(28)30-16-11-23-19-26(14-17-29(23)35(30)40-33)39(25-5-2-1-3-6-25)27-15-18-31-32(20-27)38-21-37-31/h1-21H,(H,37,38). The largest absolute Gasteiger partial charge is 0.345 e. The van der Waals surface area contributed by atoms with E-state index >= 15 is 0 Å². The highest BCUT2D eigenvalue weighted by atomic mass is 79.9. The molecule has 0 amide bonds. The smallest absolute Gasteiger partial charge is 0.0931 e. The Morgan fingerprint density at radius 2 is 1.48 bits per heavy atom. The molecule has 0 aliphatic rings. The van der Waals surface area contributed by atoms with Crippen LogP contribution in [-0.2, 0) is 0 Å². The number of hydrogen-bond donors (Lipinski definition) is 1. The van der Waals surface area contributed by atoms with Crippen LogP contribution < -0.4 is 4.90 Å². The quantitative estimate of drug-likeness (QED) is 0.219. The average molecular weight is 597 g/mol. The molecule has 190 valence electrons. The Kier molecular flexibility index (Phi) is 5.47. The van der Waals surface area contributed by atoms with Crippen molar-refractivity contribution in [2.24, 2.45) is 0 Å². The molecule has 0 aliphatic carbocycles. The molecule has 5 heteroatoms. The van der Waals surface area contributed by atoms with Gasteiger partial charge in [0.1, 0.15) is 0 Å². The van der Waals surface area contributed by atoms with E-state index in [1.54, 1.807) is 6.33 Å². The number of imidazole rings is 1. The first-order valence-electron chi connectivity index (χ1n) is 13.2. The SMILES string of the molecule is Brc1ccc(-c2cccc3sc4c5ccc(N(c6ccccc6)c6ccc7[nH]cnc7c6)cc5ccc4c23)cc1. The number of benzene rings is 6. The van der Waals surface area contributed by atoms with E-state index in [4.69, 9.17) is 0 Å². The third-order valence-electron chi connectivity index (χ3n) is 7.55. The highest BCUT2D eigenvalue weighted by Crippen LogP contribution is 2.44. The fourth-order valence-corrected chi connectivity index (χ4v) is 7.22. The van der Waals surface area contributed by atoms with Crippen molar-refractivity contribution in [3.8, 4) is 11.1 Å². The van der Waals surface area contributed by atoms with Crippen molar-refractivity contribution in [1.29, 1.82) is 0 Å². The van der Waals surface area contributed by atoms with Gasteiger partial charge in [-0.3, -0.25) is 0 Å². The van der Waals surface area contributed by atoms with E-state index in [2.05, 4.69) is 152 Å². The molecule has 2 heterocycles. The number of rotatable bonds is 4. The maximum Gasteiger partial charge on any atom is 0.0931 e. The van der Waals surface area contributed by atoms with E-state index in [1.807, 2.05) is 11.3 Å². The summed E-state index contributed by atoms with van der Waals surface area (Å²) in [6, 6.07) is 43.5. The van der Waals surface area contributed by atoms with E-state index in [1.165, 1.54) is 42.1 Å². The Balaban J connectivity index is 1.31. The van der Waals surface area contributed by atoms with E-state index in [9.17, 15) is 0 Å². The molecule has 0 saturated heterocycles. The molecule has 6 aromatic carbocycles. The van der Waals surface area contributed by atoms with Gasteiger partial charge in [-0.05, 0) is 82.6 Å². The monoisotopic (exact) mass is 595 g/mol. The lowest BCUT2D eigenvalue weighted by Gasteiger charge is -2.25. The van der Waals surface area contributed by atoms with Crippen molar-refractivity contribution >= 4 is 86.3 Å². The molecule has 0 radical (unpaired) electrons. The van der Waals surface area contributed by atoms with Crippen molar-refractivity contribution in [1.82, 2.24) is 9.97 Å². The molecular formula is C35H22BrN3S. The second kappa shape index (κ2) is 9.33. The summed E-state index contributed by atoms with van der Waals surface area (Å²) in [6.45, 7) is 0. The molecule has 8 aromatic rings. The lowest BCUT2D eigenvalue weighted by Crippen LogP contribution is -2.09. The summed E-state index contributed by atoms with van der Waals surface area (Å²) in [5.74, 6) is 0. The predicted molar refractivity (Wildman–Crippen MR) is 174 cm³/mol. The van der Waals surface area contributed by atoms with E-state index < -0.39 is 0 Å². The van der Waals surface area contributed by atoms with Crippen molar-refractivity contribution in [2.75, 3.05) is 4.90 Å². The van der Waals surface area contributed by atoms with Crippen molar-refractivity contribution in [3.63, 3.8) is 0 Å². The number of nitrogens with one attached hydrogen (secondary N) is 1. The van der Waals surface area contributed by atoms with E-state index in [-0.39, 0.29) is 0 Å². The number of thiophene rings is 1. The second-order valence-corrected chi connectivity index (χ2v) is 11.9. The van der Waals surface area contributed by atoms with Gasteiger partial charge in [0.05, 0.1) is 17.4 Å². The Labute approximate surface area is 243 Å². The fraction of sp³-hybridized carbons (Fsp3) is 0. The minimum atomic E-state index is 0.952. The first-order chi connectivity index (χ1) is 19.7. The van der Waals surface area contributed by atoms with Crippen molar-refractivity contribution < 1.29 is 0 Å². The van der Waals surface area contributed by atoms with Gasteiger partial charge in [0, 0.05) is 41.7 Å². The topological polar surface area (TPSA) is 31.9 Å². The highest BCUT2D eigenvalue weighted by Gasteiger charge is 2.17. The van der Waals surface area contributed by atoms with Gasteiger partial charge in [0.2, 0.25) is 0 Å². The number of aromatic nitrogens is 2. The van der Waals surface area contributed by atoms with Gasteiger partial charge in [-0.1, -0.05) is 76.6 Å². The van der Waals surface area contributed by atoms with Crippen LogP contribution >= 0.6 is 27.3 Å². The zero-order chi connectivity index (χ0) is 26.6. The average Bonchev–Trinajstić information content (AvgIpc) is 3.63. The zero-order valence-corrected chi connectivity index (χ0v) is 23.7. The van der Waals surface area contributed by atoms with E-state index in [0.717, 1.165) is 32.6 Å². The van der Waals surface area contributed by atoms with E-state index in [0.29, 0.717) is 0 Å². The summed E-state index contributed by atoms with van der Waals surface area (Å²) in [5, 5.41) is 5.14. The number of hydrogen-bond acceptors (Lipinski definition) is 3. The van der Waals surface area contributed by atoms with Crippen LogP contribution in [0.4, 0.5) is 17.1 Å². The molecule has 1 N–H and O–H groups in total. The first kappa shape index (κ1) is 23.4. The van der Waals surface area contributed by atoms with Crippen LogP contribution in [0, 0.1) is 0 Å². The third-order valence-corrected chi connectivity index (χ3v) is 9.29. The molecule has 3 nitrogen and oxygen atoms in total. The van der Waals surface area contributed by atoms with Gasteiger partial charge in [-0.25, -0.2) is 4.98 Å². The Bertz CT molecular complexity index is 2180. The lowest BCUT2D eigenvalue weighted by molar-refractivity contribution is 1.29. The summed E-state index contributed by atoms with van der Waals surface area (Å²) in [5.41, 5.74) is 7.79. The van der Waals surface area contributed by atoms with Gasteiger partial charge < -0.3 is 9.88 Å². The molecule has 0 aliphatic heterocycles. The van der Waals surface area contributed by atoms with Crippen LogP contribution in [0.15, 0.2) is 132 Å². The molecule has 2 aromatic heterocycles. The van der Waals surface area contributed by atoms with Crippen molar-refractivity contribution in [3.05, 3.63) is 132 Å². The number of fused-ring (bicyclic) bond motifs is 6. The summed E-state index contributed by atoms with van der Waals surface area (Å²) in [6.07, 6.45) is 1.75. The Morgan fingerprint density at radius 1 is 0.675 bits per heavy atom. The van der Waals surface area contributed by atoms with Crippen LogP contribution in [0.25, 0.3) is 53.1 Å². The maximum atomic E-state index is 4.50. The first-order valence-corrected chi connectivity index (χ1v) is 14.8. The van der Waals surface area contributed by atoms with Gasteiger partial charge in [-0.2, -0.15) is 0 Å². The predicted octanol–water partition coefficient (Wildman–Crippen LogP) is 11.0. The normalized spacial score (nSPS) is 11.6. The minimum absolute atomic E-state index is 0.952. The molecule has 8 rings (SSSR count). The summed E-state index contributed by atoms with van der Waals surface area (Å²) < 4.78 is 3.73. The Hall–Kier alpha value is -4.45. The molecule has 0 unspecified atom stereocenters. The molecule has 40 heavy (non-hydrogen) atoms. The molecule has 0 saturated carbocycles. The number of halogens is 1. The second-order valence-electron chi connectivity index (χ2n) is 9.91. The van der Waals surface area contributed by atoms with Gasteiger partial charge in [-0.15, -0.1) is 11.3 Å². The third kappa shape index (κ3) is 3.81. The maximum absolute atomic E-state index is 4.50. The van der Waals surface area contributed by atoms with Gasteiger partial charge in [0.25, 0.3) is 0 Å². The van der Waals surface area contributed by atoms with Gasteiger partial charge >= 0.3 is 0 Å². The zero-order valence-electron chi connectivity index (χ0n) is 21.3. The highest BCUT2D eigenvalue weighted by molar-refractivity contribution is 9.10. The molecule has 0 bridgehead atoms. The summed E-state index contributed by atoms with van der Waals surface area (Å²) in [4.78, 5) is 10.0. The number of H-pyrrole nitrogens is 1. The molecular weight excluding hydrogens is 574 g/mol. The van der Waals surface area contributed by atoms with Crippen LogP contribution in [0.5, 0.6) is 0 Å². The summed E-state index contributed by atoms with van der Waals surface area (Å²) in [7, 11) is 0. The van der Waals surface area contributed by atoms with Crippen LogP contribution in [0.2, 0.25) is 0 Å². The number of para-hydroxylation sites is 1. The molecule has 0 fully saturated rings. The van der Waals surface area contributed by atoms with Crippen molar-refractivity contribution in [2.45, 2.75) is 0 Å². The fourth-order valence-electron chi connectivity index (χ4n) is 5.69. The molecule has 0 atom stereocenters. The number of anilines is 3. The van der Waals surface area contributed by atoms with Gasteiger partial charge in [0.15, 0.2) is 0 Å². The van der Waals surface area contributed by atoms with Crippen LogP contribution in [-0.4, -0.2) is 9.97 Å². The number of aromatic amines is 1. The lowest BCUT2D eigenvalue weighted by atomic mass is 9.98. The van der Waals surface area contributed by atoms with Crippen LogP contribution in [0.3, 0.4) is 0 Å². The Morgan fingerprint density at radius 3 is 2.35 bits per heavy atom.